The molecule has 0 radical (unpaired) electrons. The van der Waals surface area contributed by atoms with Crippen molar-refractivity contribution in [3.05, 3.63) is 28.8 Å². The summed E-state index contributed by atoms with van der Waals surface area (Å²) in [5.41, 5.74) is 1.43. The van der Waals surface area contributed by atoms with E-state index in [1.807, 2.05) is 12.1 Å². The van der Waals surface area contributed by atoms with Crippen LogP contribution in [-0.2, 0) is 9.47 Å². The Balaban J connectivity index is 1.58. The number of hydrogen-bond acceptors (Lipinski definition) is 4. The molecule has 4 nitrogen and oxygen atoms in total. The van der Waals surface area contributed by atoms with Crippen molar-refractivity contribution in [3.63, 3.8) is 0 Å². The van der Waals surface area contributed by atoms with E-state index in [1.165, 1.54) is 0 Å². The molecule has 1 aromatic carbocycles. The highest BCUT2D eigenvalue weighted by molar-refractivity contribution is 6.32. The number of nitriles is 1. The first kappa shape index (κ1) is 15.1. The summed E-state index contributed by atoms with van der Waals surface area (Å²) in [4.78, 5) is 0. The lowest BCUT2D eigenvalue weighted by molar-refractivity contribution is 0.0897. The number of ether oxygens (including phenoxy) is 2. The summed E-state index contributed by atoms with van der Waals surface area (Å²) in [5, 5.41) is 12.5. The molecule has 0 spiro atoms. The summed E-state index contributed by atoms with van der Waals surface area (Å²) >= 11 is 5.97. The van der Waals surface area contributed by atoms with Gasteiger partial charge in [-0.2, -0.15) is 5.26 Å². The van der Waals surface area contributed by atoms with Gasteiger partial charge in [-0.1, -0.05) is 11.6 Å². The number of anilines is 1. The molecule has 108 valence electrons. The van der Waals surface area contributed by atoms with Crippen LogP contribution in [0.5, 0.6) is 0 Å². The van der Waals surface area contributed by atoms with Crippen LogP contribution >= 0.6 is 11.6 Å². The van der Waals surface area contributed by atoms with E-state index in [4.69, 9.17) is 26.3 Å². The van der Waals surface area contributed by atoms with Gasteiger partial charge in [-0.15, -0.1) is 0 Å². The van der Waals surface area contributed by atoms with E-state index in [0.29, 0.717) is 16.5 Å². The molecule has 2 rings (SSSR count). The Morgan fingerprint density at radius 3 is 3.10 bits per heavy atom. The van der Waals surface area contributed by atoms with E-state index >= 15 is 0 Å². The maximum atomic E-state index is 8.79. The second-order valence-corrected chi connectivity index (χ2v) is 5.30. The van der Waals surface area contributed by atoms with Crippen molar-refractivity contribution in [3.8, 4) is 6.07 Å². The smallest absolute Gasteiger partial charge is 0.101 e. The Labute approximate surface area is 124 Å². The monoisotopic (exact) mass is 294 g/mol. The Hall–Kier alpha value is -1.28. The first-order chi connectivity index (χ1) is 9.79. The fourth-order valence-corrected chi connectivity index (χ4v) is 2.31. The van der Waals surface area contributed by atoms with Crippen LogP contribution in [0.15, 0.2) is 18.2 Å². The number of rotatable bonds is 7. The number of hydrogen-bond donors (Lipinski definition) is 1. The van der Waals surface area contributed by atoms with Crippen LogP contribution in [0.25, 0.3) is 0 Å². The Kier molecular flexibility index (Phi) is 6.13. The predicted octanol–water partition coefficient (Wildman–Crippen LogP) is 3.07. The number of halogens is 1. The average molecular weight is 295 g/mol. The van der Waals surface area contributed by atoms with E-state index in [-0.39, 0.29) is 0 Å². The third-order valence-electron chi connectivity index (χ3n) is 3.26. The minimum atomic E-state index is 0.481. The van der Waals surface area contributed by atoms with Crippen molar-refractivity contribution in [1.29, 1.82) is 5.26 Å². The molecule has 1 aliphatic heterocycles. The molecule has 1 fully saturated rings. The van der Waals surface area contributed by atoms with Gasteiger partial charge in [-0.25, -0.2) is 0 Å². The number of nitrogens with one attached hydrogen (secondary N) is 1. The lowest BCUT2D eigenvalue weighted by Crippen LogP contribution is -2.12. The maximum absolute atomic E-state index is 8.79. The van der Waals surface area contributed by atoms with Gasteiger partial charge in [-0.3, -0.25) is 0 Å². The molecule has 1 unspecified atom stereocenters. The van der Waals surface area contributed by atoms with Crippen LogP contribution in [0, 0.1) is 17.2 Å². The molecule has 1 atom stereocenters. The zero-order valence-corrected chi connectivity index (χ0v) is 12.2. The van der Waals surface area contributed by atoms with Crippen molar-refractivity contribution in [2.45, 2.75) is 12.8 Å². The minimum absolute atomic E-state index is 0.481. The van der Waals surface area contributed by atoms with Crippen molar-refractivity contribution in [2.75, 3.05) is 38.3 Å². The summed E-state index contributed by atoms with van der Waals surface area (Å²) < 4.78 is 10.9. The molecular weight excluding hydrogens is 276 g/mol. The molecule has 0 bridgehead atoms. The quantitative estimate of drug-likeness (QED) is 0.785. The maximum Gasteiger partial charge on any atom is 0.101 e. The predicted molar refractivity (Wildman–Crippen MR) is 79.0 cm³/mol. The van der Waals surface area contributed by atoms with Crippen LogP contribution < -0.4 is 5.32 Å². The number of benzene rings is 1. The molecule has 0 saturated carbocycles. The molecule has 20 heavy (non-hydrogen) atoms. The summed E-state index contributed by atoms with van der Waals surface area (Å²) in [5.74, 6) is 0.570. The Morgan fingerprint density at radius 1 is 1.50 bits per heavy atom. The van der Waals surface area contributed by atoms with Gasteiger partial charge >= 0.3 is 0 Å². The minimum Gasteiger partial charge on any atom is -0.385 e. The third kappa shape index (κ3) is 4.68. The Morgan fingerprint density at radius 2 is 2.40 bits per heavy atom. The normalized spacial score (nSPS) is 17.9. The van der Waals surface area contributed by atoms with Crippen molar-refractivity contribution in [1.82, 2.24) is 0 Å². The lowest BCUT2D eigenvalue weighted by Gasteiger charge is -2.10. The third-order valence-corrected chi connectivity index (χ3v) is 3.57. The average Bonchev–Trinajstić information content (AvgIpc) is 2.96. The fourth-order valence-electron chi connectivity index (χ4n) is 2.09. The lowest BCUT2D eigenvalue weighted by atomic mass is 10.1. The van der Waals surface area contributed by atoms with Crippen molar-refractivity contribution in [2.24, 2.45) is 5.92 Å². The molecule has 0 aliphatic carbocycles. The summed E-state index contributed by atoms with van der Waals surface area (Å²) in [6.07, 6.45) is 2.05. The first-order valence-corrected chi connectivity index (χ1v) is 7.26. The van der Waals surface area contributed by atoms with Gasteiger partial charge in [0, 0.05) is 31.4 Å². The molecule has 0 amide bonds. The highest BCUT2D eigenvalue weighted by Gasteiger charge is 2.15. The van der Waals surface area contributed by atoms with Crippen LogP contribution in [0.1, 0.15) is 18.4 Å². The van der Waals surface area contributed by atoms with Gasteiger partial charge in [-0.05, 0) is 31.0 Å². The van der Waals surface area contributed by atoms with Gasteiger partial charge in [0.2, 0.25) is 0 Å². The largest absolute Gasteiger partial charge is 0.385 e. The van der Waals surface area contributed by atoms with Crippen LogP contribution in [0.2, 0.25) is 5.02 Å². The second kappa shape index (κ2) is 8.11. The SMILES string of the molecule is N#Cc1ccc(NCCCOCC2CCOC2)cc1Cl. The molecule has 0 aromatic heterocycles. The first-order valence-electron chi connectivity index (χ1n) is 6.88. The van der Waals surface area contributed by atoms with Crippen LogP contribution in [0.3, 0.4) is 0 Å². The zero-order chi connectivity index (χ0) is 14.2. The topological polar surface area (TPSA) is 54.3 Å². The summed E-state index contributed by atoms with van der Waals surface area (Å²) in [6, 6.07) is 7.40. The molecule has 1 saturated heterocycles. The standard InChI is InChI=1S/C15H19ClN2O2/c16-15-8-14(3-2-13(15)9-17)18-5-1-6-19-10-12-4-7-20-11-12/h2-3,8,12,18H,1,4-7,10-11H2. The molecule has 1 aromatic rings. The van der Waals surface area contributed by atoms with E-state index in [9.17, 15) is 0 Å². The molecule has 5 heteroatoms. The van der Waals surface area contributed by atoms with E-state index in [1.54, 1.807) is 12.1 Å². The van der Waals surface area contributed by atoms with Crippen LogP contribution in [-0.4, -0.2) is 33.0 Å². The van der Waals surface area contributed by atoms with E-state index in [2.05, 4.69) is 5.32 Å². The molecule has 1 heterocycles. The van der Waals surface area contributed by atoms with Crippen molar-refractivity contribution >= 4 is 17.3 Å². The van der Waals surface area contributed by atoms with Crippen molar-refractivity contribution < 1.29 is 9.47 Å². The fraction of sp³-hybridized carbons (Fsp3) is 0.533. The van der Waals surface area contributed by atoms with Gasteiger partial charge in [0.25, 0.3) is 0 Å². The van der Waals surface area contributed by atoms with Gasteiger partial charge in [0.1, 0.15) is 6.07 Å². The molecule has 1 aliphatic rings. The van der Waals surface area contributed by atoms with Crippen LogP contribution in [0.4, 0.5) is 5.69 Å². The van der Waals surface area contributed by atoms with E-state index in [0.717, 1.165) is 51.5 Å². The molecule has 1 N–H and O–H groups in total. The zero-order valence-electron chi connectivity index (χ0n) is 11.4. The number of nitrogens with zero attached hydrogens (tertiary/aromatic N) is 1. The van der Waals surface area contributed by atoms with Gasteiger partial charge in [0.15, 0.2) is 0 Å². The summed E-state index contributed by atoms with van der Waals surface area (Å²) in [6.45, 7) is 4.07. The molecular formula is C15H19ClN2O2. The summed E-state index contributed by atoms with van der Waals surface area (Å²) in [7, 11) is 0. The Bertz CT molecular complexity index is 467. The van der Waals surface area contributed by atoms with Gasteiger partial charge < -0.3 is 14.8 Å². The van der Waals surface area contributed by atoms with Gasteiger partial charge in [0.05, 0.1) is 23.8 Å². The second-order valence-electron chi connectivity index (χ2n) is 4.89. The highest BCUT2D eigenvalue weighted by atomic mass is 35.5. The highest BCUT2D eigenvalue weighted by Crippen LogP contribution is 2.20. The van der Waals surface area contributed by atoms with E-state index < -0.39 is 0 Å².